The summed E-state index contributed by atoms with van der Waals surface area (Å²) >= 11 is 4.37. The van der Waals surface area contributed by atoms with Crippen LogP contribution in [0, 0.1) is 58.0 Å². The molecule has 1 saturated heterocycles. The smallest absolute Gasteiger partial charge is 0.332 e. The molecule has 0 atom stereocenters. The third kappa shape index (κ3) is 24.7. The van der Waals surface area contributed by atoms with Gasteiger partial charge in [-0.3, -0.25) is 59.1 Å². The molecular formula is C101H79N7O19S3. The van der Waals surface area contributed by atoms with Crippen molar-refractivity contribution in [3.63, 3.8) is 0 Å². The first kappa shape index (κ1) is 93.5. The third-order valence-corrected chi connectivity index (χ3v) is 23.1. The first-order chi connectivity index (χ1) is 62.5. The number of carbonyl (C=O) groups is 9. The van der Waals surface area contributed by atoms with Gasteiger partial charge in [0.25, 0.3) is 17.1 Å². The Hall–Kier alpha value is -15.7. The van der Waals surface area contributed by atoms with E-state index in [1.165, 1.54) is 89.9 Å². The van der Waals surface area contributed by atoms with Crippen molar-refractivity contribution >= 4 is 128 Å². The number of oxime groups is 3. The summed E-state index contributed by atoms with van der Waals surface area (Å²) < 4.78 is 5.41. The van der Waals surface area contributed by atoms with E-state index in [4.69, 9.17) is 19.2 Å². The van der Waals surface area contributed by atoms with Crippen LogP contribution in [0.25, 0.3) is 11.1 Å². The summed E-state index contributed by atoms with van der Waals surface area (Å²) in [7, 11) is 0. The topological polar surface area (TPSA) is 360 Å². The summed E-state index contributed by atoms with van der Waals surface area (Å²) in [5.41, 5.74) is 9.45. The fourth-order valence-electron chi connectivity index (χ4n) is 13.2. The van der Waals surface area contributed by atoms with Crippen LogP contribution in [0.5, 0.6) is 0 Å². The van der Waals surface area contributed by atoms with Gasteiger partial charge in [0.15, 0.2) is 34.5 Å². The molecule has 0 aromatic heterocycles. The number of rotatable bonds is 29. The van der Waals surface area contributed by atoms with E-state index in [1.807, 2.05) is 146 Å². The zero-order valence-corrected chi connectivity index (χ0v) is 73.3. The highest BCUT2D eigenvalue weighted by Gasteiger charge is 2.28. The average molecular weight is 1790 g/mol. The van der Waals surface area contributed by atoms with Gasteiger partial charge in [0, 0.05) is 172 Å². The lowest BCUT2D eigenvalue weighted by Gasteiger charge is -2.28. The summed E-state index contributed by atoms with van der Waals surface area (Å²) in [6, 6.07) is 86.9. The molecule has 0 saturated carbocycles. The minimum absolute atomic E-state index is 0.0391. The number of non-ortho nitro benzene ring substituents is 3. The zero-order valence-electron chi connectivity index (χ0n) is 70.8. The normalized spacial score (nSPS) is 11.9. The summed E-state index contributed by atoms with van der Waals surface area (Å²) in [6.45, 7) is 13.4. The molecule has 0 unspecified atom stereocenters. The summed E-state index contributed by atoms with van der Waals surface area (Å²) in [5, 5.41) is 45.2. The van der Waals surface area contributed by atoms with E-state index < -0.39 is 50.0 Å². The fourth-order valence-corrected chi connectivity index (χ4v) is 15.6. The minimum Gasteiger partial charge on any atom is -0.378 e. The molecular weight excluding hydrogens is 1710 g/mol. The van der Waals surface area contributed by atoms with Crippen LogP contribution in [0.3, 0.4) is 0 Å². The largest absolute Gasteiger partial charge is 0.378 e. The number of benzene rings is 13. The van der Waals surface area contributed by atoms with Gasteiger partial charge >= 0.3 is 17.9 Å². The molecule has 130 heavy (non-hydrogen) atoms. The highest BCUT2D eigenvalue weighted by atomic mass is 32.2. The standard InChI is InChI=1S/C36H26N2O6S.C34H29N3O7S.C31H24N2O6S/c1-23-8-17-30(38(42)43)22-33(23)34(37-44-24(2)39)36(41)29-15-20-32(21-16-29)45-31-18-13-28(14-19-31)35(40)27-11-9-26(10-12-27)25-6-4-3-5-7-25;1-22-3-10-28(37(41)42)21-31(22)32(35-44-23(2)38)34(40)26-8-15-30(16-9-26)45-29-13-6-25(7-14-29)33(39)24-4-11-27(12-5-24)36-17-19-43-20-18-36;1-19-6-4-5-7-27(19)30(35)22-9-14-25(15-10-22)40-26-16-11-23(12-17-26)31(36)29(32-39-21(3)34)28-18-24(33(37)38)13-8-20(28)2/h3-22H,1-2H3;3-16,21H,17-20H2,1-2H3;4-18H,1-3H3/b37-34+;35-32+;32-29+. The molecule has 0 N–H and O–H groups in total. The molecule has 13 aromatic rings. The lowest BCUT2D eigenvalue weighted by atomic mass is 9.97. The lowest BCUT2D eigenvalue weighted by Crippen LogP contribution is -2.36. The number of nitrogens with zero attached hydrogens (tertiary/aromatic N) is 7. The number of anilines is 1. The van der Waals surface area contributed by atoms with Crippen LogP contribution in [-0.4, -0.2) is 111 Å². The maximum Gasteiger partial charge on any atom is 0.332 e. The van der Waals surface area contributed by atoms with Gasteiger partial charge in [-0.15, -0.1) is 0 Å². The molecule has 0 amide bonds. The van der Waals surface area contributed by atoms with Gasteiger partial charge in [-0.05, 0) is 231 Å². The highest BCUT2D eigenvalue weighted by molar-refractivity contribution is 7.99. The van der Waals surface area contributed by atoms with Crippen molar-refractivity contribution in [1.82, 2.24) is 0 Å². The van der Waals surface area contributed by atoms with Gasteiger partial charge in [-0.1, -0.05) is 148 Å². The van der Waals surface area contributed by atoms with Crippen molar-refractivity contribution in [2.45, 2.75) is 77.8 Å². The van der Waals surface area contributed by atoms with Gasteiger partial charge in [0.1, 0.15) is 0 Å². The molecule has 1 aliphatic heterocycles. The molecule has 650 valence electrons. The molecule has 13 aromatic carbocycles. The number of morpholine rings is 1. The van der Waals surface area contributed by atoms with Crippen LogP contribution in [0.4, 0.5) is 22.7 Å². The van der Waals surface area contributed by atoms with Gasteiger partial charge in [0.05, 0.1) is 28.0 Å². The average Bonchev–Trinajstić information content (AvgIpc) is 0.772. The molecule has 1 fully saturated rings. The maximum absolute atomic E-state index is 13.4. The number of hydrogen-bond donors (Lipinski definition) is 0. The van der Waals surface area contributed by atoms with Crippen molar-refractivity contribution in [2.75, 3.05) is 31.2 Å². The van der Waals surface area contributed by atoms with E-state index in [2.05, 4.69) is 20.4 Å². The molecule has 1 heterocycles. The number of hydrogen-bond acceptors (Lipinski definition) is 26. The van der Waals surface area contributed by atoms with E-state index in [0.29, 0.717) is 63.3 Å². The van der Waals surface area contributed by atoms with E-state index >= 15 is 0 Å². The van der Waals surface area contributed by atoms with E-state index in [0.717, 1.165) is 85.6 Å². The van der Waals surface area contributed by atoms with Crippen LogP contribution < -0.4 is 4.90 Å². The number of nitro benzene ring substituents is 3. The van der Waals surface area contributed by atoms with Crippen molar-refractivity contribution in [3.05, 3.63) is 423 Å². The third-order valence-electron chi connectivity index (χ3n) is 20.1. The second-order valence-corrected chi connectivity index (χ2v) is 32.6. The zero-order chi connectivity index (χ0) is 92.7. The Bertz CT molecular complexity index is 6590. The van der Waals surface area contributed by atoms with E-state index in [-0.39, 0.29) is 84.9 Å². The fraction of sp³-hybridized carbons (Fsp3) is 0.109. The SMILES string of the molecule is CC(=O)O/N=C(/C(=O)c1ccc(Sc2ccc(C(=O)c3ccc(-c4ccccc4)cc3)cc2)cc1)c1cc([N+](=O)[O-])ccc1C.CC(=O)O/N=C(/C(=O)c1ccc(Sc2ccc(C(=O)c3ccc(N4CCOCC4)cc3)cc2)cc1)c1cc([N+](=O)[O-])ccc1C.CC(=O)O/N=C(/C(=O)c1ccc(Sc2ccc(C(=O)c3ccccc3C)cc2)cc1)c1cc([N+](=O)[O-])ccc1C. The highest BCUT2D eigenvalue weighted by Crippen LogP contribution is 2.35. The lowest BCUT2D eigenvalue weighted by molar-refractivity contribution is -0.385. The summed E-state index contributed by atoms with van der Waals surface area (Å²) in [4.78, 5) is 167. The van der Waals surface area contributed by atoms with Crippen LogP contribution >= 0.6 is 35.3 Å². The molecule has 0 radical (unpaired) electrons. The second-order valence-electron chi connectivity index (χ2n) is 29.2. The van der Waals surface area contributed by atoms with Gasteiger partial charge in [-0.25, -0.2) is 14.4 Å². The maximum atomic E-state index is 13.4. The van der Waals surface area contributed by atoms with E-state index in [9.17, 15) is 73.5 Å². The number of nitro groups is 3. The first-order valence-corrected chi connectivity index (χ1v) is 42.6. The number of ketones is 6. The molecule has 0 bridgehead atoms. The Balaban J connectivity index is 0.000000177. The second kappa shape index (κ2) is 44.0. The number of Topliss-reactive ketones (excluding diaryl/α,β-unsaturated/α-hetero) is 3. The minimum atomic E-state index is -0.733. The Morgan fingerprint density at radius 1 is 0.308 bits per heavy atom. The predicted octanol–water partition coefficient (Wildman–Crippen LogP) is 21.1. The Morgan fingerprint density at radius 2 is 0.569 bits per heavy atom. The number of carbonyl (C=O) groups excluding carboxylic acids is 9. The molecule has 14 rings (SSSR count). The van der Waals surface area contributed by atoms with Crippen molar-refractivity contribution in [2.24, 2.45) is 15.5 Å². The van der Waals surface area contributed by atoms with Crippen LogP contribution in [0.15, 0.2) is 348 Å². The van der Waals surface area contributed by atoms with Gasteiger partial charge < -0.3 is 24.1 Å². The molecule has 29 heteroatoms. The van der Waals surface area contributed by atoms with Crippen LogP contribution in [0.1, 0.15) is 139 Å². The Morgan fingerprint density at radius 3 is 0.869 bits per heavy atom. The molecule has 26 nitrogen and oxygen atoms in total. The van der Waals surface area contributed by atoms with Gasteiger partial charge in [0.2, 0.25) is 17.3 Å². The predicted molar refractivity (Wildman–Crippen MR) is 495 cm³/mol. The van der Waals surface area contributed by atoms with Crippen molar-refractivity contribution in [1.29, 1.82) is 0 Å². The van der Waals surface area contributed by atoms with Gasteiger partial charge in [-0.2, -0.15) is 0 Å². The van der Waals surface area contributed by atoms with Crippen LogP contribution in [0.2, 0.25) is 0 Å². The number of aryl methyl sites for hydroxylation is 4. The van der Waals surface area contributed by atoms with Crippen molar-refractivity contribution < 1.29 is 77.2 Å². The monoisotopic (exact) mass is 1790 g/mol. The van der Waals surface area contributed by atoms with E-state index in [1.54, 1.807) is 130 Å². The molecule has 0 aliphatic carbocycles. The Kier molecular flexibility index (Phi) is 31.6. The number of ether oxygens (including phenoxy) is 1. The quantitative estimate of drug-likeness (QED) is 0.0138. The molecule has 1 aliphatic rings. The van der Waals surface area contributed by atoms with Crippen LogP contribution in [-0.2, 0) is 33.6 Å². The molecule has 0 spiro atoms. The first-order valence-electron chi connectivity index (χ1n) is 40.1. The Labute approximate surface area is 758 Å². The van der Waals surface area contributed by atoms with Crippen molar-refractivity contribution in [3.8, 4) is 11.1 Å². The summed E-state index contributed by atoms with van der Waals surface area (Å²) in [5.74, 6) is -4.04. The summed E-state index contributed by atoms with van der Waals surface area (Å²) in [6.07, 6.45) is 0.